The molecule has 6 N–H and O–H groups in total. The molecule has 5 amide bonds. The predicted molar refractivity (Wildman–Crippen MR) is 172 cm³/mol. The van der Waals surface area contributed by atoms with E-state index in [4.69, 9.17) is 5.73 Å². The first-order chi connectivity index (χ1) is 21.5. The third-order valence-corrected chi connectivity index (χ3v) is 11.0. The van der Waals surface area contributed by atoms with Gasteiger partial charge in [-0.1, -0.05) is 78.9 Å². The Morgan fingerprint density at radius 2 is 1.63 bits per heavy atom. The van der Waals surface area contributed by atoms with Crippen LogP contribution in [0, 0.1) is 28.6 Å². The highest BCUT2D eigenvalue weighted by Crippen LogP contribution is 2.65. The average molecular weight is 638 g/mol. The van der Waals surface area contributed by atoms with Crippen LogP contribution in [0.15, 0.2) is 24.3 Å². The second-order valence-electron chi connectivity index (χ2n) is 15.9. The summed E-state index contributed by atoms with van der Waals surface area (Å²) >= 11 is 0. The van der Waals surface area contributed by atoms with Crippen LogP contribution in [0.5, 0.6) is 5.75 Å². The fourth-order valence-electron chi connectivity index (χ4n) is 7.96. The third-order valence-electron chi connectivity index (χ3n) is 11.0. The molecule has 0 aromatic heterocycles. The van der Waals surface area contributed by atoms with Gasteiger partial charge in [0.25, 0.3) is 5.91 Å². The summed E-state index contributed by atoms with van der Waals surface area (Å²) in [6.07, 6.45) is 7.46. The van der Waals surface area contributed by atoms with Gasteiger partial charge in [-0.3, -0.25) is 19.2 Å². The van der Waals surface area contributed by atoms with Crippen molar-refractivity contribution in [2.75, 3.05) is 6.54 Å². The summed E-state index contributed by atoms with van der Waals surface area (Å²) in [6, 6.07) is 3.82. The van der Waals surface area contributed by atoms with Gasteiger partial charge in [0.15, 0.2) is 0 Å². The maximum absolute atomic E-state index is 14.4. The topological polar surface area (TPSA) is 171 Å². The number of fused-ring (bicyclic) bond motifs is 1. The number of nitrogens with one attached hydrogen (secondary N) is 3. The number of piperidine rings is 1. The summed E-state index contributed by atoms with van der Waals surface area (Å²) in [7, 11) is 0. The molecule has 4 aliphatic rings. The highest BCUT2D eigenvalue weighted by Gasteiger charge is 2.70. The molecule has 252 valence electrons. The molecule has 1 aromatic rings. The molecule has 5 atom stereocenters. The van der Waals surface area contributed by atoms with Gasteiger partial charge in [0.2, 0.25) is 17.6 Å². The van der Waals surface area contributed by atoms with E-state index in [1.165, 1.54) is 0 Å². The highest BCUT2D eigenvalue weighted by atomic mass is 16.3. The predicted octanol–water partition coefficient (Wildman–Crippen LogP) is 3.17. The van der Waals surface area contributed by atoms with Crippen LogP contribution in [0.1, 0.15) is 91.5 Å². The van der Waals surface area contributed by atoms with E-state index >= 15 is 0 Å². The maximum Gasteiger partial charge on any atom is 0.315 e. The van der Waals surface area contributed by atoms with Crippen molar-refractivity contribution < 1.29 is 29.1 Å². The van der Waals surface area contributed by atoms with Crippen molar-refractivity contribution in [3.63, 3.8) is 0 Å². The zero-order valence-corrected chi connectivity index (χ0v) is 27.9. The molecule has 11 heteroatoms. The number of phenols is 1. The van der Waals surface area contributed by atoms with E-state index in [9.17, 15) is 29.1 Å². The molecule has 11 nitrogen and oxygen atoms in total. The summed E-state index contributed by atoms with van der Waals surface area (Å²) in [5.74, 6) is -2.27. The number of primary amides is 1. The molecule has 1 saturated heterocycles. The zero-order chi connectivity index (χ0) is 33.6. The maximum atomic E-state index is 14.4. The van der Waals surface area contributed by atoms with Crippen molar-refractivity contribution in [2.24, 2.45) is 34.3 Å². The molecular weight excluding hydrogens is 586 g/mol. The van der Waals surface area contributed by atoms with Crippen LogP contribution in [0.2, 0.25) is 0 Å². The number of benzene rings is 1. The number of ketones is 1. The van der Waals surface area contributed by atoms with E-state index in [1.807, 2.05) is 32.9 Å². The molecule has 5 rings (SSSR count). The van der Waals surface area contributed by atoms with Gasteiger partial charge in [-0.2, -0.15) is 0 Å². The van der Waals surface area contributed by atoms with Crippen molar-refractivity contribution in [1.82, 2.24) is 20.9 Å². The molecule has 0 spiro atoms. The summed E-state index contributed by atoms with van der Waals surface area (Å²) in [5.41, 5.74) is 4.99. The first-order valence-corrected chi connectivity index (χ1v) is 16.8. The first-order valence-electron chi connectivity index (χ1n) is 16.8. The SMILES string of the molecule is CC(C)(C)[C@H](NC(=O)NC1(Cc2ccc(O)cc2)CCCCC1)C(=O)N1C[C@H]2C([C@H]1C(=O)NC(CC1CC1)C(=O)C(N)=O)C2(C)C. The van der Waals surface area contributed by atoms with Crippen LogP contribution in [0.4, 0.5) is 4.79 Å². The van der Waals surface area contributed by atoms with Crippen molar-refractivity contribution in [1.29, 1.82) is 0 Å². The Bertz CT molecular complexity index is 1360. The van der Waals surface area contributed by atoms with E-state index in [-0.39, 0.29) is 34.8 Å². The summed E-state index contributed by atoms with van der Waals surface area (Å²) in [5, 5.41) is 18.8. The molecule has 3 saturated carbocycles. The number of aromatic hydroxyl groups is 1. The Kier molecular flexibility index (Phi) is 9.18. The minimum absolute atomic E-state index is 0.103. The fourth-order valence-corrected chi connectivity index (χ4v) is 7.96. The van der Waals surface area contributed by atoms with E-state index in [0.29, 0.717) is 19.4 Å². The standard InChI is InChI=1S/C35H51N5O6/c1-33(2,3)28(38-32(46)39-35(15-7-6-8-16-35)18-21-11-13-22(41)14-12-21)31(45)40-19-23-25(34(23,4)5)26(40)30(44)37-24(17-20-9-10-20)27(42)29(36)43/h11-14,20,23-26,28,41H,6-10,15-19H2,1-5H3,(H2,36,43)(H,37,44)(H2,38,39,46)/t23-,24?,25?,26-,28+/m0/s1. The van der Waals surface area contributed by atoms with Crippen LogP contribution in [0.3, 0.4) is 0 Å². The number of likely N-dealkylation sites (tertiary alicyclic amines) is 1. The number of phenolic OH excluding ortho intramolecular Hbond substituents is 1. The number of rotatable bonds is 11. The van der Waals surface area contributed by atoms with Crippen LogP contribution in [-0.4, -0.2) is 69.8 Å². The Balaban J connectivity index is 1.33. The van der Waals surface area contributed by atoms with E-state index in [1.54, 1.807) is 17.0 Å². The molecule has 1 heterocycles. The van der Waals surface area contributed by atoms with Crippen molar-refractivity contribution in [2.45, 2.75) is 116 Å². The average Bonchev–Trinajstić information content (AvgIpc) is 3.83. The monoisotopic (exact) mass is 637 g/mol. The number of hydrogen-bond donors (Lipinski definition) is 5. The van der Waals surface area contributed by atoms with Crippen molar-refractivity contribution >= 4 is 29.5 Å². The molecule has 1 aromatic carbocycles. The van der Waals surface area contributed by atoms with E-state index in [0.717, 1.165) is 50.5 Å². The number of carbonyl (C=O) groups is 5. The van der Waals surface area contributed by atoms with Gasteiger partial charge >= 0.3 is 6.03 Å². The molecule has 3 aliphatic carbocycles. The second kappa shape index (κ2) is 12.5. The Hall–Kier alpha value is -3.63. The second-order valence-corrected chi connectivity index (χ2v) is 15.9. The number of Topliss-reactive ketones (excluding diaryl/α,β-unsaturated/α-hetero) is 1. The Morgan fingerprint density at radius 3 is 2.20 bits per heavy atom. The molecular formula is C35H51N5O6. The highest BCUT2D eigenvalue weighted by molar-refractivity contribution is 6.37. The number of carbonyl (C=O) groups excluding carboxylic acids is 5. The lowest BCUT2D eigenvalue weighted by Crippen LogP contribution is -2.63. The number of amides is 5. The summed E-state index contributed by atoms with van der Waals surface area (Å²) in [4.78, 5) is 68.0. The van der Waals surface area contributed by atoms with Crippen molar-refractivity contribution in [3.05, 3.63) is 29.8 Å². The van der Waals surface area contributed by atoms with Gasteiger partial charge in [-0.05, 0) is 72.0 Å². The number of hydrogen-bond acceptors (Lipinski definition) is 6. The zero-order valence-electron chi connectivity index (χ0n) is 27.9. The van der Waals surface area contributed by atoms with Gasteiger partial charge < -0.3 is 31.7 Å². The molecule has 1 aliphatic heterocycles. The van der Waals surface area contributed by atoms with Crippen LogP contribution >= 0.6 is 0 Å². The van der Waals surface area contributed by atoms with E-state index in [2.05, 4.69) is 29.8 Å². The quantitative estimate of drug-likeness (QED) is 0.233. The van der Waals surface area contributed by atoms with Gasteiger partial charge in [-0.15, -0.1) is 0 Å². The minimum Gasteiger partial charge on any atom is -0.508 e. The molecule has 0 bridgehead atoms. The largest absolute Gasteiger partial charge is 0.508 e. The Labute approximate surface area is 271 Å². The van der Waals surface area contributed by atoms with Gasteiger partial charge in [-0.25, -0.2) is 4.79 Å². The third kappa shape index (κ3) is 7.18. The number of nitrogens with two attached hydrogens (primary N) is 1. The molecule has 46 heavy (non-hydrogen) atoms. The molecule has 2 unspecified atom stereocenters. The van der Waals surface area contributed by atoms with Gasteiger partial charge in [0.1, 0.15) is 17.8 Å². The lowest BCUT2D eigenvalue weighted by Gasteiger charge is -2.41. The smallest absolute Gasteiger partial charge is 0.315 e. The summed E-state index contributed by atoms with van der Waals surface area (Å²) in [6.45, 7) is 10.2. The van der Waals surface area contributed by atoms with Crippen LogP contribution in [0.25, 0.3) is 0 Å². The van der Waals surface area contributed by atoms with E-state index < -0.39 is 52.7 Å². The van der Waals surface area contributed by atoms with Crippen molar-refractivity contribution in [3.8, 4) is 5.75 Å². The van der Waals surface area contributed by atoms with Gasteiger partial charge in [0.05, 0.1) is 6.04 Å². The lowest BCUT2D eigenvalue weighted by molar-refractivity contribution is -0.145. The van der Waals surface area contributed by atoms with Gasteiger partial charge in [0, 0.05) is 12.1 Å². The fraction of sp³-hybridized carbons (Fsp3) is 0.686. The summed E-state index contributed by atoms with van der Waals surface area (Å²) < 4.78 is 0. The normalized spacial score (nSPS) is 25.8. The molecule has 4 fully saturated rings. The lowest BCUT2D eigenvalue weighted by atomic mass is 9.77. The molecule has 0 radical (unpaired) electrons. The minimum atomic E-state index is -1.08. The number of urea groups is 1. The van der Waals surface area contributed by atoms with Crippen LogP contribution < -0.4 is 21.7 Å². The van der Waals surface area contributed by atoms with Crippen LogP contribution in [-0.2, 0) is 25.6 Å². The first kappa shape index (κ1) is 33.7. The number of nitrogens with zero attached hydrogens (tertiary/aromatic N) is 1. The Morgan fingerprint density at radius 1 is 1.00 bits per heavy atom.